The Morgan fingerprint density at radius 2 is 1.58 bits per heavy atom. The molecule has 0 bridgehead atoms. The molecule has 0 spiro atoms. The molecular formula is C32H50O4. The number of allylic oxidation sites excluding steroid dienone is 7. The van der Waals surface area contributed by atoms with Gasteiger partial charge in [-0.3, -0.25) is 4.79 Å². The van der Waals surface area contributed by atoms with Gasteiger partial charge in [-0.1, -0.05) is 49.3 Å². The molecule has 0 aromatic carbocycles. The van der Waals surface area contributed by atoms with Gasteiger partial charge in [0.05, 0.1) is 25.2 Å². The van der Waals surface area contributed by atoms with Crippen LogP contribution in [0.1, 0.15) is 93.9 Å². The van der Waals surface area contributed by atoms with Crippen LogP contribution in [0.3, 0.4) is 0 Å². The third-order valence-electron chi connectivity index (χ3n) is 8.15. The lowest BCUT2D eigenvalue weighted by atomic mass is 9.66. The fourth-order valence-electron chi connectivity index (χ4n) is 6.17. The zero-order chi connectivity index (χ0) is 27.4. The van der Waals surface area contributed by atoms with Crippen molar-refractivity contribution in [3.63, 3.8) is 0 Å². The Morgan fingerprint density at radius 3 is 2.00 bits per heavy atom. The van der Waals surface area contributed by atoms with Gasteiger partial charge in [0.15, 0.2) is 5.78 Å². The highest BCUT2D eigenvalue weighted by atomic mass is 16.5. The summed E-state index contributed by atoms with van der Waals surface area (Å²) >= 11 is 0. The zero-order valence-electron chi connectivity index (χ0n) is 24.5. The lowest BCUT2D eigenvalue weighted by Crippen LogP contribution is -2.37. The second-order valence-corrected chi connectivity index (χ2v) is 12.1. The van der Waals surface area contributed by atoms with E-state index >= 15 is 0 Å². The normalized spacial score (nSPS) is 25.7. The molecular weight excluding hydrogens is 448 g/mol. The topological polar surface area (TPSA) is 55.8 Å². The first-order valence-corrected chi connectivity index (χ1v) is 13.4. The number of hydrogen-bond acceptors (Lipinski definition) is 4. The van der Waals surface area contributed by atoms with Crippen molar-refractivity contribution in [2.24, 2.45) is 23.2 Å². The third-order valence-corrected chi connectivity index (χ3v) is 8.15. The number of carbonyl (C=O) groups excluding carboxylic acids is 1. The summed E-state index contributed by atoms with van der Waals surface area (Å²) in [7, 11) is 3.42. The van der Waals surface area contributed by atoms with E-state index in [1.54, 1.807) is 14.2 Å². The van der Waals surface area contributed by atoms with Gasteiger partial charge in [0.2, 0.25) is 0 Å². The van der Waals surface area contributed by atoms with Gasteiger partial charge in [0, 0.05) is 17.9 Å². The molecule has 0 aromatic heterocycles. The summed E-state index contributed by atoms with van der Waals surface area (Å²) in [5, 5.41) is 11.4. The average Bonchev–Trinajstić information content (AvgIpc) is 3.09. The zero-order valence-corrected chi connectivity index (χ0v) is 24.5. The molecule has 0 amide bonds. The van der Waals surface area contributed by atoms with E-state index in [1.165, 1.54) is 11.1 Å². The van der Waals surface area contributed by atoms with Crippen LogP contribution in [-0.2, 0) is 14.3 Å². The van der Waals surface area contributed by atoms with Crippen molar-refractivity contribution in [3.8, 4) is 0 Å². The lowest BCUT2D eigenvalue weighted by Gasteiger charge is -2.42. The van der Waals surface area contributed by atoms with Crippen molar-refractivity contribution in [2.75, 3.05) is 14.2 Å². The van der Waals surface area contributed by atoms with E-state index in [1.807, 2.05) is 20.8 Å². The fraction of sp³-hybridized carbons (Fsp3) is 0.656. The Hall–Kier alpha value is -2.07. The molecule has 0 unspecified atom stereocenters. The molecule has 0 heterocycles. The minimum absolute atomic E-state index is 0.0271. The van der Waals surface area contributed by atoms with Crippen LogP contribution in [0.25, 0.3) is 0 Å². The summed E-state index contributed by atoms with van der Waals surface area (Å²) in [6.07, 6.45) is 8.64. The van der Waals surface area contributed by atoms with Gasteiger partial charge < -0.3 is 14.6 Å². The summed E-state index contributed by atoms with van der Waals surface area (Å²) < 4.78 is 12.4. The number of aliphatic hydroxyl groups is 1. The number of Topliss-reactive ketones (excluding diaryl/α,β-unsaturated/α-hetero) is 1. The Bertz CT molecular complexity index is 942. The smallest absolute Gasteiger partial charge is 0.165 e. The summed E-state index contributed by atoms with van der Waals surface area (Å²) in [6, 6.07) is 0. The summed E-state index contributed by atoms with van der Waals surface area (Å²) in [5.41, 5.74) is 3.98. The van der Waals surface area contributed by atoms with Gasteiger partial charge in [-0.15, -0.1) is 0 Å². The van der Waals surface area contributed by atoms with Gasteiger partial charge in [-0.2, -0.15) is 0 Å². The Morgan fingerprint density at radius 1 is 1.06 bits per heavy atom. The van der Waals surface area contributed by atoms with Gasteiger partial charge in [0.1, 0.15) is 11.5 Å². The molecule has 0 radical (unpaired) electrons. The fourth-order valence-corrected chi connectivity index (χ4v) is 6.17. The van der Waals surface area contributed by atoms with Crippen LogP contribution < -0.4 is 0 Å². The maximum Gasteiger partial charge on any atom is 0.165 e. The van der Waals surface area contributed by atoms with Gasteiger partial charge in [0.25, 0.3) is 0 Å². The molecule has 1 saturated carbocycles. The number of ketones is 1. The SMILES string of the molecule is C=C(C)[C@@H]1CC[C@@](C)(O)[C@H]1CC1=C(OC)C(CC=C(C)C)(CC=C(C)C)C(OC)=C(C(=O)C(C)C)C1. The summed E-state index contributed by atoms with van der Waals surface area (Å²) in [6.45, 7) is 20.5. The van der Waals surface area contributed by atoms with Crippen molar-refractivity contribution in [1.29, 1.82) is 0 Å². The van der Waals surface area contributed by atoms with Crippen molar-refractivity contribution in [1.82, 2.24) is 0 Å². The number of methoxy groups -OCH3 is 2. The van der Waals surface area contributed by atoms with Crippen molar-refractivity contribution < 1.29 is 19.4 Å². The molecule has 2 aliphatic rings. The molecule has 202 valence electrons. The van der Waals surface area contributed by atoms with Crippen molar-refractivity contribution >= 4 is 5.78 Å². The van der Waals surface area contributed by atoms with Gasteiger partial charge in [-0.05, 0) is 91.1 Å². The number of hydrogen-bond donors (Lipinski definition) is 1. The van der Waals surface area contributed by atoms with Crippen LogP contribution in [0.4, 0.5) is 0 Å². The van der Waals surface area contributed by atoms with E-state index in [9.17, 15) is 9.90 Å². The monoisotopic (exact) mass is 498 g/mol. The Kier molecular flexibility index (Phi) is 10.0. The van der Waals surface area contributed by atoms with E-state index in [2.05, 4.69) is 53.3 Å². The molecule has 0 saturated heterocycles. The molecule has 1 N–H and O–H groups in total. The predicted molar refractivity (Wildman–Crippen MR) is 149 cm³/mol. The molecule has 1 fully saturated rings. The van der Waals surface area contributed by atoms with Crippen LogP contribution in [0.5, 0.6) is 0 Å². The molecule has 2 aliphatic carbocycles. The Labute approximate surface area is 220 Å². The van der Waals surface area contributed by atoms with Crippen LogP contribution in [0, 0.1) is 23.2 Å². The first-order valence-electron chi connectivity index (χ1n) is 13.4. The second kappa shape index (κ2) is 12.0. The quantitative estimate of drug-likeness (QED) is 0.295. The lowest BCUT2D eigenvalue weighted by molar-refractivity contribution is -0.118. The first-order chi connectivity index (χ1) is 16.7. The van der Waals surface area contributed by atoms with E-state index < -0.39 is 11.0 Å². The largest absolute Gasteiger partial charge is 0.500 e. The van der Waals surface area contributed by atoms with E-state index in [0.717, 1.165) is 41.1 Å². The first kappa shape index (κ1) is 30.2. The number of rotatable bonds is 11. The maximum atomic E-state index is 13.6. The third kappa shape index (κ3) is 6.25. The van der Waals surface area contributed by atoms with Crippen LogP contribution in [0.2, 0.25) is 0 Å². The molecule has 3 atom stereocenters. The van der Waals surface area contributed by atoms with E-state index in [0.29, 0.717) is 25.7 Å². The van der Waals surface area contributed by atoms with Crippen LogP contribution in [0.15, 0.2) is 58.1 Å². The molecule has 2 rings (SSSR count). The second-order valence-electron chi connectivity index (χ2n) is 12.1. The van der Waals surface area contributed by atoms with Crippen molar-refractivity contribution in [2.45, 2.75) is 99.5 Å². The van der Waals surface area contributed by atoms with Crippen LogP contribution in [-0.4, -0.2) is 30.7 Å². The molecule has 4 heteroatoms. The molecule has 4 nitrogen and oxygen atoms in total. The minimum atomic E-state index is -0.786. The van der Waals surface area contributed by atoms with E-state index in [4.69, 9.17) is 9.47 Å². The standard InChI is InChI=1S/C32H50O4/c1-20(2)12-16-32(17-13-21(3)4)29(35-10)24(18-26(30(32)36-11)28(33)23(7)8)19-27-25(22(5)6)14-15-31(27,9)34/h12-13,23,25,27,34H,5,14-19H2,1-4,6-11H3/t25-,27-,31+/m0/s1. The predicted octanol–water partition coefficient (Wildman–Crippen LogP) is 7.86. The van der Waals surface area contributed by atoms with E-state index in [-0.39, 0.29) is 23.5 Å². The summed E-state index contributed by atoms with van der Waals surface area (Å²) in [4.78, 5) is 13.6. The van der Waals surface area contributed by atoms with Crippen LogP contribution >= 0.6 is 0 Å². The number of carbonyl (C=O) groups is 1. The highest BCUT2D eigenvalue weighted by Gasteiger charge is 2.50. The highest BCUT2D eigenvalue weighted by molar-refractivity contribution is 5.98. The maximum absolute atomic E-state index is 13.6. The average molecular weight is 499 g/mol. The minimum Gasteiger partial charge on any atom is -0.500 e. The molecule has 0 aliphatic heterocycles. The van der Waals surface area contributed by atoms with Crippen molar-refractivity contribution in [3.05, 3.63) is 58.1 Å². The van der Waals surface area contributed by atoms with Gasteiger partial charge >= 0.3 is 0 Å². The summed E-state index contributed by atoms with van der Waals surface area (Å²) in [5.74, 6) is 1.86. The molecule has 36 heavy (non-hydrogen) atoms. The molecule has 0 aromatic rings. The highest BCUT2D eigenvalue weighted by Crippen LogP contribution is 2.55. The Balaban J connectivity index is 2.84. The number of ether oxygens (including phenoxy) is 2. The van der Waals surface area contributed by atoms with Gasteiger partial charge in [-0.25, -0.2) is 0 Å².